The summed E-state index contributed by atoms with van der Waals surface area (Å²) in [6, 6.07) is 13.7. The number of carbonyl (C=O) groups excluding carboxylic acids is 2. The van der Waals surface area contributed by atoms with Gasteiger partial charge in [0.1, 0.15) is 11.6 Å². The maximum absolute atomic E-state index is 14.1. The van der Waals surface area contributed by atoms with Gasteiger partial charge in [0.25, 0.3) is 16.5 Å². The second-order valence-corrected chi connectivity index (χ2v) is 11.0. The van der Waals surface area contributed by atoms with Gasteiger partial charge in [-0.15, -0.1) is 0 Å². The third kappa shape index (κ3) is 3.23. The van der Waals surface area contributed by atoms with Crippen molar-refractivity contribution in [2.75, 3.05) is 15.6 Å². The molecule has 9 nitrogen and oxygen atoms in total. The van der Waals surface area contributed by atoms with E-state index < -0.39 is 48.7 Å². The van der Waals surface area contributed by atoms with Crippen molar-refractivity contribution in [2.45, 2.75) is 25.3 Å². The minimum absolute atomic E-state index is 0.127. The van der Waals surface area contributed by atoms with E-state index in [1.807, 2.05) is 6.92 Å². The molecule has 184 valence electrons. The molecule has 2 amide bonds. The number of nitrogens with zero attached hydrogens (tertiary/aromatic N) is 3. The molecule has 2 aliphatic rings. The Morgan fingerprint density at radius 2 is 1.69 bits per heavy atom. The molecule has 0 bridgehead atoms. The quantitative estimate of drug-likeness (QED) is 0.392. The molecule has 3 aromatic rings. The Kier molecular flexibility index (Phi) is 5.22. The summed E-state index contributed by atoms with van der Waals surface area (Å²) < 4.78 is 40.9. The van der Waals surface area contributed by atoms with Gasteiger partial charge in [-0.25, -0.2) is 12.8 Å². The predicted molar refractivity (Wildman–Crippen MR) is 130 cm³/mol. The highest BCUT2D eigenvalue weighted by molar-refractivity contribution is 7.94. The van der Waals surface area contributed by atoms with Crippen LogP contribution in [-0.4, -0.2) is 30.9 Å². The predicted octanol–water partition coefficient (Wildman–Crippen LogP) is 3.51. The van der Waals surface area contributed by atoms with Gasteiger partial charge in [0.2, 0.25) is 5.91 Å². The summed E-state index contributed by atoms with van der Waals surface area (Å²) in [6.07, 6.45) is 0. The van der Waals surface area contributed by atoms with Crippen LogP contribution in [-0.2, 0) is 30.8 Å². The SMILES string of the molecule is Cc1ccc(N2C(=O)CS(=O)(=O)C23C(=O)N(Cc2ccc(F)cc2)c2ccc([N+](=O)[O-])cc23)cc1C. The average Bonchev–Trinajstić information content (AvgIpc) is 3.19. The van der Waals surface area contributed by atoms with Gasteiger partial charge in [-0.1, -0.05) is 18.2 Å². The number of hydrogen-bond donors (Lipinski definition) is 0. The lowest BCUT2D eigenvalue weighted by atomic mass is 10.0. The van der Waals surface area contributed by atoms with Crippen LogP contribution in [0.4, 0.5) is 21.5 Å². The smallest absolute Gasteiger partial charge is 0.274 e. The van der Waals surface area contributed by atoms with E-state index in [9.17, 15) is 32.5 Å². The largest absolute Gasteiger partial charge is 0.304 e. The molecule has 0 N–H and O–H groups in total. The highest BCUT2D eigenvalue weighted by Gasteiger charge is 2.70. The van der Waals surface area contributed by atoms with Gasteiger partial charge < -0.3 is 4.90 Å². The fraction of sp³-hybridized carbons (Fsp3) is 0.200. The standard InChI is InChI=1S/C25H20FN3O6S/c1-15-3-8-19(11-16(15)2)28-23(30)14-36(34,35)25(28)21-12-20(29(32)33)9-10-22(21)27(24(25)31)13-17-4-6-18(26)7-5-17/h3-12H,13-14H2,1-2H3. The zero-order chi connectivity index (χ0) is 26.0. The highest BCUT2D eigenvalue weighted by atomic mass is 32.2. The number of nitro benzene ring substituents is 1. The summed E-state index contributed by atoms with van der Waals surface area (Å²) in [5, 5.41) is 11.6. The van der Waals surface area contributed by atoms with Crippen molar-refractivity contribution in [3.05, 3.63) is 98.8 Å². The van der Waals surface area contributed by atoms with Crippen LogP contribution in [0, 0.1) is 29.8 Å². The van der Waals surface area contributed by atoms with Gasteiger partial charge in [0.15, 0.2) is 9.84 Å². The molecule has 36 heavy (non-hydrogen) atoms. The van der Waals surface area contributed by atoms with E-state index in [1.54, 1.807) is 25.1 Å². The summed E-state index contributed by atoms with van der Waals surface area (Å²) in [5.74, 6) is -3.15. The molecule has 1 unspecified atom stereocenters. The van der Waals surface area contributed by atoms with Crippen LogP contribution in [0.5, 0.6) is 0 Å². The van der Waals surface area contributed by atoms with Gasteiger partial charge in [0.05, 0.1) is 17.2 Å². The molecular formula is C25H20FN3O6S. The fourth-order valence-corrected chi connectivity index (χ4v) is 6.86. The first-order chi connectivity index (χ1) is 17.0. The summed E-state index contributed by atoms with van der Waals surface area (Å²) in [7, 11) is -4.49. The van der Waals surface area contributed by atoms with Crippen molar-refractivity contribution in [3.8, 4) is 0 Å². The lowest BCUT2D eigenvalue weighted by Crippen LogP contribution is -2.54. The van der Waals surface area contributed by atoms with Crippen molar-refractivity contribution in [1.29, 1.82) is 0 Å². The number of sulfone groups is 1. The Bertz CT molecular complexity index is 1570. The number of benzene rings is 3. The Morgan fingerprint density at radius 1 is 1.00 bits per heavy atom. The topological polar surface area (TPSA) is 118 Å². The molecule has 0 saturated carbocycles. The molecule has 1 spiro atoms. The zero-order valence-corrected chi connectivity index (χ0v) is 20.1. The minimum Gasteiger partial charge on any atom is -0.304 e. The maximum Gasteiger partial charge on any atom is 0.274 e. The summed E-state index contributed by atoms with van der Waals surface area (Å²) in [4.78, 5) is 37.9. The number of anilines is 2. The van der Waals surface area contributed by atoms with E-state index >= 15 is 0 Å². The van der Waals surface area contributed by atoms with Gasteiger partial charge in [-0.3, -0.25) is 24.6 Å². The molecule has 0 aliphatic carbocycles. The Morgan fingerprint density at radius 3 is 2.33 bits per heavy atom. The van der Waals surface area contributed by atoms with E-state index in [-0.39, 0.29) is 23.5 Å². The van der Waals surface area contributed by atoms with Crippen molar-refractivity contribution in [2.24, 2.45) is 0 Å². The van der Waals surface area contributed by atoms with E-state index in [4.69, 9.17) is 0 Å². The Labute approximate surface area is 205 Å². The molecule has 1 atom stereocenters. The van der Waals surface area contributed by atoms with E-state index in [2.05, 4.69) is 0 Å². The van der Waals surface area contributed by atoms with Crippen LogP contribution in [0.2, 0.25) is 0 Å². The average molecular weight is 510 g/mol. The molecule has 3 aromatic carbocycles. The Balaban J connectivity index is 1.79. The highest BCUT2D eigenvalue weighted by Crippen LogP contribution is 2.53. The second-order valence-electron chi connectivity index (χ2n) is 8.88. The zero-order valence-electron chi connectivity index (χ0n) is 19.3. The molecule has 1 fully saturated rings. The molecule has 11 heteroatoms. The Hall–Kier alpha value is -4.12. The van der Waals surface area contributed by atoms with E-state index in [0.29, 0.717) is 5.56 Å². The third-order valence-corrected chi connectivity index (χ3v) is 8.82. The number of halogens is 1. The third-order valence-electron chi connectivity index (χ3n) is 6.71. The van der Waals surface area contributed by atoms with Crippen molar-refractivity contribution >= 4 is 38.7 Å². The molecular weight excluding hydrogens is 489 g/mol. The van der Waals surface area contributed by atoms with Crippen molar-refractivity contribution in [3.63, 3.8) is 0 Å². The van der Waals surface area contributed by atoms with Crippen LogP contribution >= 0.6 is 0 Å². The molecule has 5 rings (SSSR count). The number of carbonyl (C=O) groups is 2. The number of non-ortho nitro benzene ring substituents is 1. The van der Waals surface area contributed by atoms with Crippen LogP contribution in [0.15, 0.2) is 60.7 Å². The second kappa shape index (κ2) is 7.95. The number of rotatable bonds is 4. The number of hydrogen-bond acceptors (Lipinski definition) is 6. The van der Waals surface area contributed by atoms with Crippen molar-refractivity contribution < 1.29 is 27.3 Å². The van der Waals surface area contributed by atoms with Gasteiger partial charge >= 0.3 is 0 Å². The first kappa shape index (κ1) is 23.6. The lowest BCUT2D eigenvalue weighted by molar-refractivity contribution is -0.384. The van der Waals surface area contributed by atoms with E-state index in [0.717, 1.165) is 22.1 Å². The number of fused-ring (bicyclic) bond motifs is 2. The lowest BCUT2D eigenvalue weighted by Gasteiger charge is -2.33. The summed E-state index contributed by atoms with van der Waals surface area (Å²) in [6.45, 7) is 3.51. The first-order valence-electron chi connectivity index (χ1n) is 11.0. The van der Waals surface area contributed by atoms with Gasteiger partial charge in [-0.2, -0.15) is 0 Å². The van der Waals surface area contributed by atoms with Crippen LogP contribution in [0.1, 0.15) is 22.3 Å². The van der Waals surface area contributed by atoms with E-state index in [1.165, 1.54) is 41.3 Å². The van der Waals surface area contributed by atoms with Gasteiger partial charge in [-0.05, 0) is 60.9 Å². The summed E-state index contributed by atoms with van der Waals surface area (Å²) in [5.41, 5.74) is 1.92. The van der Waals surface area contributed by atoms with Gasteiger partial charge in [0, 0.05) is 23.4 Å². The minimum atomic E-state index is -4.49. The van der Waals surface area contributed by atoms with Crippen LogP contribution < -0.4 is 9.80 Å². The molecule has 1 saturated heterocycles. The number of aryl methyl sites for hydroxylation is 2. The number of amides is 2. The monoisotopic (exact) mass is 509 g/mol. The number of nitro groups is 1. The molecule has 0 aromatic heterocycles. The fourth-order valence-electron chi connectivity index (χ4n) is 4.83. The molecule has 2 heterocycles. The van der Waals surface area contributed by atoms with Crippen LogP contribution in [0.3, 0.4) is 0 Å². The van der Waals surface area contributed by atoms with Crippen LogP contribution in [0.25, 0.3) is 0 Å². The van der Waals surface area contributed by atoms with Crippen molar-refractivity contribution in [1.82, 2.24) is 0 Å². The maximum atomic E-state index is 14.1. The normalized spacial score (nSPS) is 20.3. The summed E-state index contributed by atoms with van der Waals surface area (Å²) >= 11 is 0. The molecule has 0 radical (unpaired) electrons. The molecule has 2 aliphatic heterocycles. The first-order valence-corrected chi connectivity index (χ1v) is 12.6.